The van der Waals surface area contributed by atoms with E-state index in [0.29, 0.717) is 21.6 Å². The molecule has 0 spiro atoms. The highest BCUT2D eigenvalue weighted by Crippen LogP contribution is 2.47. The zero-order valence-corrected chi connectivity index (χ0v) is 16.6. The van der Waals surface area contributed by atoms with Crippen LogP contribution in [0.15, 0.2) is 48.5 Å². The molecule has 4 rings (SSSR count). The monoisotopic (exact) mass is 424 g/mol. The van der Waals surface area contributed by atoms with Gasteiger partial charge in [0.15, 0.2) is 0 Å². The van der Waals surface area contributed by atoms with Crippen molar-refractivity contribution in [3.63, 3.8) is 0 Å². The molecule has 2 aromatic rings. The normalized spacial score (nSPS) is 23.2. The highest BCUT2D eigenvalue weighted by molar-refractivity contribution is 8.01. The number of benzene rings is 2. The third-order valence-electron chi connectivity index (χ3n) is 4.18. The minimum atomic E-state index is -0.273. The SMILES string of the molecule is O=C1CS[C@@H](c2cccc(Cl)c2)N1N1C(=O)CS[C@H]1c1cccc(Cl)c1. The molecule has 134 valence electrons. The Balaban J connectivity index is 1.72. The number of rotatable bonds is 3. The zero-order chi connectivity index (χ0) is 18.3. The van der Waals surface area contributed by atoms with Crippen LogP contribution >= 0.6 is 46.7 Å². The summed E-state index contributed by atoms with van der Waals surface area (Å²) in [6.07, 6.45) is 0. The Hall–Kier alpha value is -1.34. The maximum atomic E-state index is 12.7. The van der Waals surface area contributed by atoms with Gasteiger partial charge in [-0.15, -0.1) is 23.5 Å². The number of halogens is 2. The molecule has 0 aliphatic carbocycles. The Morgan fingerprint density at radius 3 is 1.58 bits per heavy atom. The second-order valence-corrected chi connectivity index (χ2v) is 8.92. The largest absolute Gasteiger partial charge is 0.272 e. The molecule has 8 heteroatoms. The van der Waals surface area contributed by atoms with Crippen LogP contribution in [-0.4, -0.2) is 33.3 Å². The number of thioether (sulfide) groups is 2. The van der Waals surface area contributed by atoms with E-state index >= 15 is 0 Å². The van der Waals surface area contributed by atoms with Crippen LogP contribution in [0.2, 0.25) is 10.0 Å². The summed E-state index contributed by atoms with van der Waals surface area (Å²) in [7, 11) is 0. The van der Waals surface area contributed by atoms with E-state index in [1.807, 2.05) is 36.4 Å². The molecule has 0 unspecified atom stereocenters. The lowest BCUT2D eigenvalue weighted by atomic mass is 10.2. The van der Waals surface area contributed by atoms with Gasteiger partial charge in [-0.2, -0.15) is 0 Å². The maximum Gasteiger partial charge on any atom is 0.252 e. The molecule has 2 heterocycles. The lowest BCUT2D eigenvalue weighted by molar-refractivity contribution is -0.161. The first-order valence-corrected chi connectivity index (χ1v) is 10.8. The summed E-state index contributed by atoms with van der Waals surface area (Å²) in [5.74, 6) is 0.493. The first kappa shape index (κ1) is 18.0. The molecular weight excluding hydrogens is 411 g/mol. The molecule has 26 heavy (non-hydrogen) atoms. The molecule has 0 aromatic heterocycles. The maximum absolute atomic E-state index is 12.7. The lowest BCUT2D eigenvalue weighted by Crippen LogP contribution is -2.47. The van der Waals surface area contributed by atoms with E-state index in [9.17, 15) is 9.59 Å². The van der Waals surface area contributed by atoms with Crippen LogP contribution < -0.4 is 0 Å². The van der Waals surface area contributed by atoms with Crippen molar-refractivity contribution in [1.29, 1.82) is 0 Å². The molecule has 2 aromatic carbocycles. The van der Waals surface area contributed by atoms with Gasteiger partial charge in [-0.3, -0.25) is 9.59 Å². The third kappa shape index (κ3) is 3.31. The summed E-state index contributed by atoms with van der Waals surface area (Å²) in [5, 5.41) is 3.84. The number of carbonyl (C=O) groups is 2. The Labute approximate surface area is 169 Å². The summed E-state index contributed by atoms with van der Waals surface area (Å²) in [5.41, 5.74) is 1.81. The molecular formula is C18H14Cl2N2O2S2. The second-order valence-electron chi connectivity index (χ2n) is 5.91. The highest BCUT2D eigenvalue weighted by Gasteiger charge is 2.45. The van der Waals surface area contributed by atoms with Crippen LogP contribution in [0.25, 0.3) is 0 Å². The molecule has 2 atom stereocenters. The van der Waals surface area contributed by atoms with Crippen molar-refractivity contribution in [2.75, 3.05) is 11.5 Å². The minimum absolute atomic E-state index is 0.0807. The van der Waals surface area contributed by atoms with Crippen molar-refractivity contribution in [2.24, 2.45) is 0 Å². The smallest absolute Gasteiger partial charge is 0.252 e. The average Bonchev–Trinajstić information content (AvgIpc) is 3.17. The van der Waals surface area contributed by atoms with Crippen molar-refractivity contribution >= 4 is 58.5 Å². The first-order chi connectivity index (χ1) is 12.5. The van der Waals surface area contributed by atoms with E-state index in [-0.39, 0.29) is 22.6 Å². The van der Waals surface area contributed by atoms with E-state index in [1.54, 1.807) is 22.2 Å². The Bertz CT molecular complexity index is 808. The Morgan fingerprint density at radius 1 is 0.769 bits per heavy atom. The van der Waals surface area contributed by atoms with Gasteiger partial charge >= 0.3 is 0 Å². The highest BCUT2D eigenvalue weighted by atomic mass is 35.5. The summed E-state index contributed by atoms with van der Waals surface area (Å²) in [4.78, 5) is 25.3. The fraction of sp³-hybridized carbons (Fsp3) is 0.222. The fourth-order valence-corrected chi connectivity index (χ4v) is 5.76. The van der Waals surface area contributed by atoms with E-state index in [4.69, 9.17) is 23.2 Å². The molecule has 2 amide bonds. The van der Waals surface area contributed by atoms with Gasteiger partial charge in [0.1, 0.15) is 10.7 Å². The molecule has 2 fully saturated rings. The first-order valence-electron chi connectivity index (χ1n) is 7.93. The van der Waals surface area contributed by atoms with Gasteiger partial charge < -0.3 is 0 Å². The predicted octanol–water partition coefficient (Wildman–Crippen LogP) is 4.76. The number of hydrogen-bond acceptors (Lipinski definition) is 4. The summed E-state index contributed by atoms with van der Waals surface area (Å²) in [6.45, 7) is 0. The molecule has 0 N–H and O–H groups in total. The average molecular weight is 425 g/mol. The molecule has 0 radical (unpaired) electrons. The number of hydrogen-bond donors (Lipinski definition) is 0. The third-order valence-corrected chi connectivity index (χ3v) is 7.06. The van der Waals surface area contributed by atoms with E-state index in [0.717, 1.165) is 11.1 Å². The Kier molecular flexibility index (Phi) is 5.10. The van der Waals surface area contributed by atoms with Crippen LogP contribution in [0.5, 0.6) is 0 Å². The van der Waals surface area contributed by atoms with Gasteiger partial charge in [0.05, 0.1) is 11.5 Å². The zero-order valence-electron chi connectivity index (χ0n) is 13.5. The van der Waals surface area contributed by atoms with Crippen LogP contribution in [0.3, 0.4) is 0 Å². The standard InChI is InChI=1S/C18H14Cl2N2O2S2/c19-13-5-1-3-11(7-13)17-21(15(23)9-25-17)22-16(24)10-26-18(22)12-4-2-6-14(20)8-12/h1-8,17-18H,9-10H2/t17-,18-/m0/s1. The van der Waals surface area contributed by atoms with Crippen molar-refractivity contribution < 1.29 is 9.59 Å². The topological polar surface area (TPSA) is 40.6 Å². The number of amides is 2. The van der Waals surface area contributed by atoms with Gasteiger partial charge in [0.25, 0.3) is 11.8 Å². The summed E-state index contributed by atoms with van der Waals surface area (Å²) < 4.78 is 0. The van der Waals surface area contributed by atoms with Crippen LogP contribution in [0.1, 0.15) is 21.9 Å². The van der Waals surface area contributed by atoms with E-state index in [1.165, 1.54) is 23.5 Å². The molecule has 4 nitrogen and oxygen atoms in total. The summed E-state index contributed by atoms with van der Waals surface area (Å²) >= 11 is 15.2. The van der Waals surface area contributed by atoms with Gasteiger partial charge in [0.2, 0.25) is 0 Å². The molecule has 0 bridgehead atoms. The van der Waals surface area contributed by atoms with Gasteiger partial charge in [-0.05, 0) is 35.4 Å². The quantitative estimate of drug-likeness (QED) is 0.711. The van der Waals surface area contributed by atoms with Gasteiger partial charge in [0, 0.05) is 10.0 Å². The molecule has 2 aliphatic heterocycles. The van der Waals surface area contributed by atoms with Crippen molar-refractivity contribution in [2.45, 2.75) is 10.7 Å². The summed E-state index contributed by atoms with van der Waals surface area (Å²) in [6, 6.07) is 14.8. The van der Waals surface area contributed by atoms with Crippen molar-refractivity contribution in [3.8, 4) is 0 Å². The lowest BCUT2D eigenvalue weighted by Gasteiger charge is -2.36. The van der Waals surface area contributed by atoms with Crippen LogP contribution in [0, 0.1) is 0 Å². The van der Waals surface area contributed by atoms with Crippen LogP contribution in [0.4, 0.5) is 0 Å². The Morgan fingerprint density at radius 2 is 1.19 bits per heavy atom. The molecule has 2 aliphatic rings. The van der Waals surface area contributed by atoms with E-state index < -0.39 is 0 Å². The predicted molar refractivity (Wildman–Crippen MR) is 107 cm³/mol. The van der Waals surface area contributed by atoms with Crippen molar-refractivity contribution in [3.05, 3.63) is 69.7 Å². The fourth-order valence-electron chi connectivity index (χ4n) is 3.10. The van der Waals surface area contributed by atoms with Crippen molar-refractivity contribution in [1.82, 2.24) is 10.0 Å². The van der Waals surface area contributed by atoms with Gasteiger partial charge in [-0.25, -0.2) is 10.0 Å². The van der Waals surface area contributed by atoms with E-state index in [2.05, 4.69) is 0 Å². The van der Waals surface area contributed by atoms with Gasteiger partial charge in [-0.1, -0.05) is 47.5 Å². The number of nitrogens with zero attached hydrogens (tertiary/aromatic N) is 2. The molecule has 0 saturated carbocycles. The number of carbonyl (C=O) groups excluding carboxylic acids is 2. The van der Waals surface area contributed by atoms with Crippen LogP contribution in [-0.2, 0) is 9.59 Å². The number of hydrazine groups is 1. The molecule has 2 saturated heterocycles. The minimum Gasteiger partial charge on any atom is -0.272 e. The second kappa shape index (κ2) is 7.35.